The maximum Gasteiger partial charge on any atom is 0.233 e. The van der Waals surface area contributed by atoms with E-state index in [9.17, 15) is 4.79 Å². The van der Waals surface area contributed by atoms with Crippen LogP contribution in [-0.2, 0) is 4.79 Å². The normalized spacial score (nSPS) is 17.1. The lowest BCUT2D eigenvalue weighted by Crippen LogP contribution is -2.44. The predicted molar refractivity (Wildman–Crippen MR) is 91.0 cm³/mol. The molecule has 0 N–H and O–H groups in total. The molecule has 2 unspecified atom stereocenters. The van der Waals surface area contributed by atoms with E-state index < -0.39 is 0 Å². The summed E-state index contributed by atoms with van der Waals surface area (Å²) in [6, 6.07) is 2.72. The highest BCUT2D eigenvalue weighted by Gasteiger charge is 2.36. The van der Waals surface area contributed by atoms with Crippen LogP contribution < -0.4 is 0 Å². The van der Waals surface area contributed by atoms with Crippen LogP contribution in [0.1, 0.15) is 51.4 Å². The van der Waals surface area contributed by atoms with E-state index in [0.29, 0.717) is 28.9 Å². The van der Waals surface area contributed by atoms with Gasteiger partial charge in [-0.1, -0.05) is 32.0 Å². The highest BCUT2D eigenvalue weighted by atomic mass is 32.2. The maximum atomic E-state index is 12.7. The minimum atomic E-state index is 0.225. The van der Waals surface area contributed by atoms with Gasteiger partial charge in [-0.3, -0.25) is 4.79 Å². The van der Waals surface area contributed by atoms with Crippen LogP contribution in [0.3, 0.4) is 0 Å². The van der Waals surface area contributed by atoms with Crippen LogP contribution in [0.4, 0.5) is 0 Å². The number of aromatic nitrogens is 2. The zero-order chi connectivity index (χ0) is 16.3. The molecule has 1 aromatic rings. The van der Waals surface area contributed by atoms with Gasteiger partial charge >= 0.3 is 0 Å². The molecular weight excluding hydrogens is 294 g/mol. The van der Waals surface area contributed by atoms with Crippen LogP contribution in [0.25, 0.3) is 0 Å². The molecule has 1 fully saturated rings. The molecule has 1 amide bonds. The first-order valence-corrected chi connectivity index (χ1v) is 9.17. The quantitative estimate of drug-likeness (QED) is 0.568. The minimum Gasteiger partial charge on any atom is -0.336 e. The lowest BCUT2D eigenvalue weighted by atomic mass is 9.99. The molecule has 4 nitrogen and oxygen atoms in total. The van der Waals surface area contributed by atoms with E-state index in [-0.39, 0.29) is 5.91 Å². The molecule has 0 bridgehead atoms. The topological polar surface area (TPSA) is 46.1 Å². The molecule has 0 spiro atoms. The molecule has 5 heteroatoms. The molecule has 1 saturated carbocycles. The van der Waals surface area contributed by atoms with Crippen molar-refractivity contribution in [1.29, 1.82) is 0 Å². The molecule has 122 valence electrons. The summed E-state index contributed by atoms with van der Waals surface area (Å²) >= 11 is 1.45. The number of hydrogen-bond donors (Lipinski definition) is 0. The Morgan fingerprint density at radius 1 is 1.32 bits per heavy atom. The smallest absolute Gasteiger partial charge is 0.233 e. The van der Waals surface area contributed by atoms with E-state index in [1.54, 1.807) is 0 Å². The fourth-order valence-electron chi connectivity index (χ4n) is 2.69. The number of carbonyl (C=O) groups is 1. The summed E-state index contributed by atoms with van der Waals surface area (Å²) in [6.07, 6.45) is 3.40. The van der Waals surface area contributed by atoms with Gasteiger partial charge in [-0.25, -0.2) is 9.97 Å². The van der Waals surface area contributed by atoms with Gasteiger partial charge < -0.3 is 4.90 Å². The summed E-state index contributed by atoms with van der Waals surface area (Å²) in [5, 5.41) is 0.706. The van der Waals surface area contributed by atoms with Gasteiger partial charge in [-0.15, -0.1) is 0 Å². The highest BCUT2D eigenvalue weighted by Crippen LogP contribution is 2.32. The van der Waals surface area contributed by atoms with Gasteiger partial charge in [-0.2, -0.15) is 0 Å². The lowest BCUT2D eigenvalue weighted by Gasteiger charge is -2.33. The average Bonchev–Trinajstić information content (AvgIpc) is 3.28. The second-order valence-electron chi connectivity index (χ2n) is 6.38. The number of thioether (sulfide) groups is 1. The second kappa shape index (κ2) is 7.44. The summed E-state index contributed by atoms with van der Waals surface area (Å²) in [5.41, 5.74) is 1.91. The van der Waals surface area contributed by atoms with E-state index in [0.717, 1.165) is 30.7 Å². The number of nitrogens with zero attached hydrogens (tertiary/aromatic N) is 3. The van der Waals surface area contributed by atoms with Gasteiger partial charge in [0.1, 0.15) is 0 Å². The summed E-state index contributed by atoms with van der Waals surface area (Å²) in [7, 11) is 0. The van der Waals surface area contributed by atoms with E-state index in [1.165, 1.54) is 11.8 Å². The first-order chi connectivity index (χ1) is 10.4. The Labute approximate surface area is 138 Å². The Kier molecular flexibility index (Phi) is 5.84. The SMILES string of the molecule is CCC(C)C(C)N(C(=O)CSc1nc(C)cc(C)n1)C1CC1. The molecule has 2 atom stereocenters. The predicted octanol–water partition coefficient (Wildman–Crippen LogP) is 3.61. The number of rotatable bonds is 7. The van der Waals surface area contributed by atoms with Crippen LogP contribution in [0, 0.1) is 19.8 Å². The number of hydrogen-bond acceptors (Lipinski definition) is 4. The highest BCUT2D eigenvalue weighted by molar-refractivity contribution is 7.99. The lowest BCUT2D eigenvalue weighted by molar-refractivity contribution is -0.132. The third kappa shape index (κ3) is 4.45. The molecular formula is C17H27N3OS. The van der Waals surface area contributed by atoms with Crippen molar-refractivity contribution in [2.75, 3.05) is 5.75 Å². The maximum absolute atomic E-state index is 12.7. The number of amides is 1. The van der Waals surface area contributed by atoms with Crippen LogP contribution in [0.2, 0.25) is 0 Å². The van der Waals surface area contributed by atoms with E-state index in [4.69, 9.17) is 0 Å². The van der Waals surface area contributed by atoms with E-state index in [1.807, 2.05) is 19.9 Å². The van der Waals surface area contributed by atoms with Gasteiger partial charge in [-0.05, 0) is 45.6 Å². The van der Waals surface area contributed by atoms with Gasteiger partial charge in [0.25, 0.3) is 0 Å². The Balaban J connectivity index is 1.99. The summed E-state index contributed by atoms with van der Waals surface area (Å²) < 4.78 is 0. The van der Waals surface area contributed by atoms with E-state index >= 15 is 0 Å². The Morgan fingerprint density at radius 2 is 1.91 bits per heavy atom. The number of aryl methyl sites for hydroxylation is 2. The van der Waals surface area contributed by atoms with Crippen LogP contribution >= 0.6 is 11.8 Å². The number of carbonyl (C=O) groups excluding carboxylic acids is 1. The minimum absolute atomic E-state index is 0.225. The van der Waals surface area contributed by atoms with Gasteiger partial charge in [0.15, 0.2) is 5.16 Å². The van der Waals surface area contributed by atoms with Crippen molar-refractivity contribution in [2.45, 2.75) is 71.1 Å². The molecule has 1 heterocycles. The third-order valence-corrected chi connectivity index (χ3v) is 5.25. The molecule has 1 aliphatic carbocycles. The van der Waals surface area contributed by atoms with Crippen LogP contribution in [0.5, 0.6) is 0 Å². The van der Waals surface area contributed by atoms with Gasteiger partial charge in [0.05, 0.1) is 5.75 Å². The van der Waals surface area contributed by atoms with Crippen molar-refractivity contribution in [1.82, 2.24) is 14.9 Å². The molecule has 0 saturated heterocycles. The van der Waals surface area contributed by atoms with Crippen molar-refractivity contribution in [3.8, 4) is 0 Å². The monoisotopic (exact) mass is 321 g/mol. The zero-order valence-electron chi connectivity index (χ0n) is 14.3. The molecule has 1 aliphatic rings. The molecule has 1 aromatic heterocycles. The van der Waals surface area contributed by atoms with Gasteiger partial charge in [0, 0.05) is 23.5 Å². The zero-order valence-corrected chi connectivity index (χ0v) is 15.1. The van der Waals surface area contributed by atoms with Crippen molar-refractivity contribution < 1.29 is 4.79 Å². The van der Waals surface area contributed by atoms with Crippen LogP contribution in [-0.4, -0.2) is 38.6 Å². The Morgan fingerprint density at radius 3 is 2.41 bits per heavy atom. The second-order valence-corrected chi connectivity index (χ2v) is 7.32. The van der Waals surface area contributed by atoms with Crippen molar-refractivity contribution in [3.63, 3.8) is 0 Å². The van der Waals surface area contributed by atoms with Crippen molar-refractivity contribution in [2.24, 2.45) is 5.92 Å². The molecule has 0 aromatic carbocycles. The summed E-state index contributed by atoms with van der Waals surface area (Å²) in [4.78, 5) is 23.6. The van der Waals surface area contributed by atoms with Crippen molar-refractivity contribution >= 4 is 17.7 Å². The van der Waals surface area contributed by atoms with E-state index in [2.05, 4.69) is 35.6 Å². The summed E-state index contributed by atoms with van der Waals surface area (Å²) in [6.45, 7) is 10.5. The van der Waals surface area contributed by atoms with Crippen LogP contribution in [0.15, 0.2) is 11.2 Å². The fraction of sp³-hybridized carbons (Fsp3) is 0.706. The Bertz CT molecular complexity index is 510. The molecule has 22 heavy (non-hydrogen) atoms. The molecule has 0 radical (unpaired) electrons. The van der Waals surface area contributed by atoms with Gasteiger partial charge in [0.2, 0.25) is 5.91 Å². The largest absolute Gasteiger partial charge is 0.336 e. The fourth-order valence-corrected chi connectivity index (χ4v) is 3.51. The molecule has 2 rings (SSSR count). The standard InChI is InChI=1S/C17H27N3OS/c1-6-11(2)14(5)20(15-7-8-15)16(21)10-22-17-18-12(3)9-13(4)19-17/h9,11,14-15H,6-8,10H2,1-5H3. The third-order valence-electron chi connectivity index (χ3n) is 4.42. The Hall–Kier alpha value is -1.10. The average molecular weight is 321 g/mol. The van der Waals surface area contributed by atoms with Crippen molar-refractivity contribution in [3.05, 3.63) is 17.5 Å². The first kappa shape index (κ1) is 17.3. The summed E-state index contributed by atoms with van der Waals surface area (Å²) in [5.74, 6) is 1.19. The molecule has 0 aliphatic heterocycles. The first-order valence-electron chi connectivity index (χ1n) is 8.18.